The van der Waals surface area contributed by atoms with Gasteiger partial charge in [-0.25, -0.2) is 0 Å². The number of hydrogen-bond donors (Lipinski definition) is 0. The van der Waals surface area contributed by atoms with Crippen LogP contribution in [-0.2, 0) is 0 Å². The van der Waals surface area contributed by atoms with Crippen LogP contribution in [0.25, 0.3) is 49.7 Å². The number of rotatable bonds is 6. The zero-order valence-corrected chi connectivity index (χ0v) is 33.9. The topological polar surface area (TPSA) is 14.2 Å². The Labute approximate surface area is 349 Å². The van der Waals surface area contributed by atoms with Gasteiger partial charge in [0.05, 0.1) is 16.7 Å². The lowest BCUT2D eigenvalue weighted by Gasteiger charge is -2.37. The number of para-hydroxylation sites is 4. The van der Waals surface area contributed by atoms with E-state index in [2.05, 4.69) is 223 Å². The molecule has 0 saturated carbocycles. The van der Waals surface area contributed by atoms with Crippen molar-refractivity contribution in [1.29, 1.82) is 0 Å². The number of nitrogens with zero attached hydrogens (tertiary/aromatic N) is 1. The van der Waals surface area contributed by atoms with Gasteiger partial charge >= 0.3 is 0 Å². The van der Waals surface area contributed by atoms with Gasteiger partial charge in [0, 0.05) is 21.2 Å². The minimum atomic E-state index is -2.78. The Morgan fingerprint density at radius 2 is 0.983 bits per heavy atom. The van der Waals surface area contributed by atoms with Gasteiger partial charge in [-0.1, -0.05) is 176 Å². The third kappa shape index (κ3) is 5.22. The summed E-state index contributed by atoms with van der Waals surface area (Å²) in [6.45, 7) is 0. The molecule has 0 aliphatic carbocycles. The maximum Gasteiger partial charge on any atom is 0.289 e. The highest BCUT2D eigenvalue weighted by atomic mass is 32.2. The standard InChI is InChI=1S/C54H36BNOSSi/c1-4-18-38(19-5-1)59(39-20-6-2-7-21-39,40-22-8-3-9-23-40)41-32-33-53-45(36-41)46-34-37(35-52-54(46)55(58-53)47-27-13-17-31-51(47)57-52)42-24-10-14-28-48(42)56-49-29-15-11-25-43(49)44-26-12-16-30-50(44)56/h1-36H. The number of aromatic nitrogens is 1. The molecule has 59 heavy (non-hydrogen) atoms. The molecule has 0 N–H and O–H groups in total. The molecule has 2 aliphatic heterocycles. The number of benzene rings is 9. The molecule has 3 heterocycles. The van der Waals surface area contributed by atoms with E-state index in [1.165, 1.54) is 69.5 Å². The first-order valence-electron chi connectivity index (χ1n) is 20.3. The summed E-state index contributed by atoms with van der Waals surface area (Å²) in [5, 5.41) is 7.97. The molecule has 0 spiro atoms. The first-order valence-corrected chi connectivity index (χ1v) is 23.2. The Morgan fingerprint density at radius 3 is 1.64 bits per heavy atom. The highest BCUT2D eigenvalue weighted by Gasteiger charge is 2.44. The molecule has 9 aromatic carbocycles. The van der Waals surface area contributed by atoms with Crippen LogP contribution in [-0.4, -0.2) is 18.6 Å². The second kappa shape index (κ2) is 13.7. The molecule has 5 heteroatoms. The van der Waals surface area contributed by atoms with Gasteiger partial charge in [0.25, 0.3) is 5.99 Å². The van der Waals surface area contributed by atoms with Crippen molar-refractivity contribution in [1.82, 2.24) is 4.57 Å². The number of hydrogen-bond acceptors (Lipinski definition) is 2. The predicted octanol–water partition coefficient (Wildman–Crippen LogP) is 9.81. The Hall–Kier alpha value is -6.79. The highest BCUT2D eigenvalue weighted by Crippen LogP contribution is 2.46. The van der Waals surface area contributed by atoms with Crippen molar-refractivity contribution in [2.75, 3.05) is 0 Å². The molecule has 0 amide bonds. The van der Waals surface area contributed by atoms with Gasteiger partial charge in [0.1, 0.15) is 11.5 Å². The van der Waals surface area contributed by atoms with E-state index in [1.807, 2.05) is 11.6 Å². The zero-order chi connectivity index (χ0) is 38.9. The molecule has 0 fully saturated rings. The van der Waals surface area contributed by atoms with E-state index in [1.54, 1.807) is 0 Å². The third-order valence-corrected chi connectivity index (χ3v) is 18.5. The summed E-state index contributed by atoms with van der Waals surface area (Å²) in [6.07, 6.45) is 0. The lowest BCUT2D eigenvalue weighted by molar-refractivity contribution is 0.488. The van der Waals surface area contributed by atoms with Crippen molar-refractivity contribution >= 4 is 79.2 Å². The first kappa shape index (κ1) is 34.3. The molecule has 1 aromatic heterocycles. The maximum absolute atomic E-state index is 6.97. The average Bonchev–Trinajstić information content (AvgIpc) is 3.64. The van der Waals surface area contributed by atoms with Crippen molar-refractivity contribution in [2.45, 2.75) is 4.90 Å². The van der Waals surface area contributed by atoms with Crippen LogP contribution in [0.4, 0.5) is 0 Å². The van der Waals surface area contributed by atoms with Gasteiger partial charge in [-0.05, 0) is 90.8 Å². The first-order chi connectivity index (χ1) is 29.3. The Kier molecular flexibility index (Phi) is 7.94. The fraction of sp³-hybridized carbons (Fsp3) is 0. The SMILES string of the molecule is c1ccc([Si](c2ccccc2)(c2ccccc2)c2ccc3c(c2)-c2cc(-c4ccccc4-n4c5ccccc5c5ccccc54)cc4c2B(S3)c2ccccc2O4)cc1. The molecule has 10 aromatic rings. The van der Waals surface area contributed by atoms with E-state index in [-0.39, 0.29) is 5.99 Å². The molecule has 0 bridgehead atoms. The van der Waals surface area contributed by atoms with Crippen LogP contribution in [0.3, 0.4) is 0 Å². The van der Waals surface area contributed by atoms with Gasteiger partial charge in [-0.15, -0.1) is 0 Å². The average molecular weight is 786 g/mol. The Morgan fingerprint density at radius 1 is 0.424 bits per heavy atom. The van der Waals surface area contributed by atoms with E-state index in [0.717, 1.165) is 28.3 Å². The van der Waals surface area contributed by atoms with Gasteiger partial charge in [-0.2, -0.15) is 11.6 Å². The molecular formula is C54H36BNOSSi. The summed E-state index contributed by atoms with van der Waals surface area (Å²) >= 11 is 1.95. The minimum Gasteiger partial charge on any atom is -0.458 e. The predicted molar refractivity (Wildman–Crippen MR) is 253 cm³/mol. The maximum atomic E-state index is 6.97. The van der Waals surface area contributed by atoms with Crippen molar-refractivity contribution in [2.24, 2.45) is 0 Å². The van der Waals surface area contributed by atoms with Crippen LogP contribution in [0.15, 0.2) is 223 Å². The van der Waals surface area contributed by atoms with Crippen molar-refractivity contribution < 1.29 is 4.74 Å². The summed E-state index contributed by atoms with van der Waals surface area (Å²) in [5.41, 5.74) is 10.8. The van der Waals surface area contributed by atoms with E-state index in [9.17, 15) is 0 Å². The van der Waals surface area contributed by atoms with Crippen molar-refractivity contribution in [3.63, 3.8) is 0 Å². The fourth-order valence-electron chi connectivity index (χ4n) is 9.91. The van der Waals surface area contributed by atoms with Gasteiger partial charge in [0.2, 0.25) is 0 Å². The lowest BCUT2D eigenvalue weighted by atomic mass is 9.57. The monoisotopic (exact) mass is 785 g/mol. The van der Waals surface area contributed by atoms with Gasteiger partial charge in [-0.3, -0.25) is 0 Å². The van der Waals surface area contributed by atoms with Crippen LogP contribution in [0.5, 0.6) is 11.5 Å². The Bertz CT molecular complexity index is 3090. The second-order valence-corrected chi connectivity index (χ2v) is 20.5. The van der Waals surface area contributed by atoms with E-state index < -0.39 is 8.07 Å². The molecule has 12 rings (SSSR count). The van der Waals surface area contributed by atoms with Gasteiger partial charge in [0.15, 0.2) is 8.07 Å². The van der Waals surface area contributed by atoms with E-state index >= 15 is 0 Å². The quantitative estimate of drug-likeness (QED) is 0.123. The zero-order valence-electron chi connectivity index (χ0n) is 32.1. The van der Waals surface area contributed by atoms with E-state index in [0.29, 0.717) is 0 Å². The normalized spacial score (nSPS) is 12.8. The highest BCUT2D eigenvalue weighted by molar-refractivity contribution is 8.28. The fourth-order valence-corrected chi connectivity index (χ4v) is 16.1. The molecule has 276 valence electrons. The molecule has 2 nitrogen and oxygen atoms in total. The van der Waals surface area contributed by atoms with Crippen LogP contribution in [0.2, 0.25) is 0 Å². The molecular weight excluding hydrogens is 750 g/mol. The summed E-state index contributed by atoms with van der Waals surface area (Å²) in [4.78, 5) is 1.29. The smallest absolute Gasteiger partial charge is 0.289 e. The second-order valence-electron chi connectivity index (χ2n) is 15.5. The summed E-state index contributed by atoms with van der Waals surface area (Å²) in [6, 6.07) is 80.7. The summed E-state index contributed by atoms with van der Waals surface area (Å²) in [5.74, 6) is 1.98. The Balaban J connectivity index is 1.13. The molecule has 2 aliphatic rings. The van der Waals surface area contributed by atoms with E-state index in [4.69, 9.17) is 4.74 Å². The molecule has 0 unspecified atom stereocenters. The molecule has 0 radical (unpaired) electrons. The molecule has 0 atom stereocenters. The summed E-state index contributed by atoms with van der Waals surface area (Å²) in [7, 11) is -2.78. The van der Waals surface area contributed by atoms with Crippen LogP contribution in [0.1, 0.15) is 0 Å². The third-order valence-electron chi connectivity index (χ3n) is 12.4. The largest absolute Gasteiger partial charge is 0.458 e. The summed E-state index contributed by atoms with van der Waals surface area (Å²) < 4.78 is 9.40. The van der Waals surface area contributed by atoms with Crippen molar-refractivity contribution in [3.8, 4) is 39.4 Å². The number of fused-ring (bicyclic) bond motifs is 7. The minimum absolute atomic E-state index is 0.115. The molecule has 0 saturated heterocycles. The van der Waals surface area contributed by atoms with Crippen LogP contribution < -0.4 is 36.4 Å². The van der Waals surface area contributed by atoms with Crippen LogP contribution >= 0.6 is 11.6 Å². The lowest BCUT2D eigenvalue weighted by Crippen LogP contribution is -2.74. The van der Waals surface area contributed by atoms with Gasteiger partial charge < -0.3 is 9.30 Å². The number of ether oxygens (including phenoxy) is 1. The van der Waals surface area contributed by atoms with Crippen molar-refractivity contribution in [3.05, 3.63) is 218 Å². The van der Waals surface area contributed by atoms with Crippen LogP contribution in [0, 0.1) is 0 Å².